The van der Waals surface area contributed by atoms with Crippen molar-refractivity contribution in [2.24, 2.45) is 0 Å². The molecule has 5 rings (SSSR count). The molecular weight excluding hydrogens is 372 g/mol. The van der Waals surface area contributed by atoms with Crippen molar-refractivity contribution in [3.63, 3.8) is 0 Å². The molecule has 1 atom stereocenters. The molecule has 0 saturated carbocycles. The summed E-state index contributed by atoms with van der Waals surface area (Å²) in [5.74, 6) is 1.84. The van der Waals surface area contributed by atoms with E-state index in [2.05, 4.69) is 20.4 Å². The lowest BCUT2D eigenvalue weighted by Crippen LogP contribution is -2.38. The Balaban J connectivity index is 1.31. The number of aromatic nitrogens is 5. The van der Waals surface area contributed by atoms with E-state index < -0.39 is 0 Å². The molecule has 3 aromatic rings. The minimum atomic E-state index is -0.0149. The van der Waals surface area contributed by atoms with E-state index in [4.69, 9.17) is 9.47 Å². The Morgan fingerprint density at radius 3 is 2.79 bits per heavy atom. The highest BCUT2D eigenvalue weighted by Gasteiger charge is 2.31. The number of hydrogen-bond acceptors (Lipinski definition) is 7. The average molecular weight is 392 g/mol. The van der Waals surface area contributed by atoms with E-state index in [0.717, 1.165) is 18.4 Å². The number of carbonyl (C=O) groups excluding carboxylic acids is 1. The minimum absolute atomic E-state index is 0.0149. The van der Waals surface area contributed by atoms with Crippen molar-refractivity contribution in [2.75, 3.05) is 19.8 Å². The molecule has 1 fully saturated rings. The fraction of sp³-hybridized carbons (Fsp3) is 0.350. The zero-order valence-corrected chi connectivity index (χ0v) is 15.8. The van der Waals surface area contributed by atoms with Crippen LogP contribution in [0.15, 0.2) is 42.7 Å². The van der Waals surface area contributed by atoms with E-state index in [-0.39, 0.29) is 11.9 Å². The second kappa shape index (κ2) is 7.50. The van der Waals surface area contributed by atoms with Crippen molar-refractivity contribution in [1.82, 2.24) is 30.1 Å². The van der Waals surface area contributed by atoms with Gasteiger partial charge in [-0.05, 0) is 48.4 Å². The third kappa shape index (κ3) is 3.51. The maximum atomic E-state index is 13.1. The first-order chi connectivity index (χ1) is 14.3. The van der Waals surface area contributed by atoms with Gasteiger partial charge in [0.05, 0.1) is 12.6 Å². The van der Waals surface area contributed by atoms with Crippen LogP contribution in [0.25, 0.3) is 11.4 Å². The van der Waals surface area contributed by atoms with Crippen LogP contribution >= 0.6 is 0 Å². The molecule has 0 bridgehead atoms. The molecule has 148 valence electrons. The third-order valence-corrected chi connectivity index (χ3v) is 5.19. The van der Waals surface area contributed by atoms with Crippen molar-refractivity contribution in [1.29, 1.82) is 0 Å². The number of amides is 1. The first-order valence-corrected chi connectivity index (χ1v) is 9.67. The molecule has 2 aliphatic heterocycles. The fourth-order valence-electron chi connectivity index (χ4n) is 3.76. The SMILES string of the molecule is O=C(c1ccc2c(c1)OCCO2)N1CCC[C@H]1Cn1nnc(-c2ccncc2)n1. The first kappa shape index (κ1) is 17.6. The molecule has 0 radical (unpaired) electrons. The standard InChI is InChI=1S/C20H20N6O3/c27-20(15-3-4-17-18(12-15)29-11-10-28-17)25-9-1-2-16(25)13-26-23-19(22-24-26)14-5-7-21-8-6-14/h3-8,12,16H,1-2,9-11,13H2/t16-/m0/s1. The number of pyridine rings is 1. The number of ether oxygens (including phenoxy) is 2. The number of benzene rings is 1. The molecule has 1 amide bonds. The van der Waals surface area contributed by atoms with Crippen LogP contribution in [0, 0.1) is 0 Å². The molecule has 0 unspecified atom stereocenters. The molecule has 9 heteroatoms. The average Bonchev–Trinajstić information content (AvgIpc) is 3.43. The Hall–Kier alpha value is -3.49. The van der Waals surface area contributed by atoms with Crippen LogP contribution in [-0.4, -0.2) is 61.8 Å². The normalized spacial score (nSPS) is 18.1. The Kier molecular flexibility index (Phi) is 4.55. The lowest BCUT2D eigenvalue weighted by molar-refractivity contribution is 0.0716. The molecule has 4 heterocycles. The van der Waals surface area contributed by atoms with E-state index in [9.17, 15) is 4.79 Å². The summed E-state index contributed by atoms with van der Waals surface area (Å²) in [5.41, 5.74) is 1.46. The fourth-order valence-corrected chi connectivity index (χ4v) is 3.76. The topological polar surface area (TPSA) is 95.3 Å². The molecule has 0 aliphatic carbocycles. The summed E-state index contributed by atoms with van der Waals surface area (Å²) in [6.45, 7) is 2.24. The summed E-state index contributed by atoms with van der Waals surface area (Å²) in [4.78, 5) is 20.6. The van der Waals surface area contributed by atoms with Gasteiger partial charge in [-0.3, -0.25) is 9.78 Å². The summed E-state index contributed by atoms with van der Waals surface area (Å²) in [6.07, 6.45) is 5.25. The third-order valence-electron chi connectivity index (χ3n) is 5.19. The monoisotopic (exact) mass is 392 g/mol. The van der Waals surface area contributed by atoms with Crippen LogP contribution in [0.3, 0.4) is 0 Å². The highest BCUT2D eigenvalue weighted by atomic mass is 16.6. The zero-order valence-electron chi connectivity index (χ0n) is 15.8. The second-order valence-electron chi connectivity index (χ2n) is 7.06. The van der Waals surface area contributed by atoms with Gasteiger partial charge in [-0.2, -0.15) is 4.80 Å². The lowest BCUT2D eigenvalue weighted by atomic mass is 10.1. The van der Waals surface area contributed by atoms with Crippen molar-refractivity contribution in [3.05, 3.63) is 48.3 Å². The predicted octanol–water partition coefficient (Wildman–Crippen LogP) is 1.81. The van der Waals surface area contributed by atoms with Crippen molar-refractivity contribution in [3.8, 4) is 22.9 Å². The molecule has 9 nitrogen and oxygen atoms in total. The van der Waals surface area contributed by atoms with E-state index in [1.54, 1.807) is 35.4 Å². The number of hydrogen-bond donors (Lipinski definition) is 0. The number of fused-ring (bicyclic) bond motifs is 1. The molecule has 1 aromatic carbocycles. The Labute approximate surface area is 167 Å². The molecular formula is C20H20N6O3. The van der Waals surface area contributed by atoms with Crippen molar-refractivity contribution in [2.45, 2.75) is 25.4 Å². The number of rotatable bonds is 4. The number of nitrogens with zero attached hydrogens (tertiary/aromatic N) is 6. The van der Waals surface area contributed by atoms with Crippen LogP contribution in [-0.2, 0) is 6.54 Å². The molecule has 0 N–H and O–H groups in total. The minimum Gasteiger partial charge on any atom is -0.486 e. The van der Waals surface area contributed by atoms with Crippen LogP contribution in [0.5, 0.6) is 11.5 Å². The lowest BCUT2D eigenvalue weighted by Gasteiger charge is -2.25. The summed E-state index contributed by atoms with van der Waals surface area (Å²) in [6, 6.07) is 9.06. The van der Waals surface area contributed by atoms with Gasteiger partial charge in [-0.15, -0.1) is 10.2 Å². The van der Waals surface area contributed by atoms with Crippen molar-refractivity contribution < 1.29 is 14.3 Å². The summed E-state index contributed by atoms with van der Waals surface area (Å²) in [7, 11) is 0. The van der Waals surface area contributed by atoms with Crippen LogP contribution < -0.4 is 9.47 Å². The van der Waals surface area contributed by atoms with Gasteiger partial charge >= 0.3 is 0 Å². The number of tetrazole rings is 1. The summed E-state index contributed by atoms with van der Waals surface area (Å²) < 4.78 is 11.2. The van der Waals surface area contributed by atoms with Gasteiger partial charge in [0.15, 0.2) is 11.5 Å². The molecule has 1 saturated heterocycles. The van der Waals surface area contributed by atoms with Gasteiger partial charge in [-0.1, -0.05) is 0 Å². The predicted molar refractivity (Wildman–Crippen MR) is 103 cm³/mol. The summed E-state index contributed by atoms with van der Waals surface area (Å²) in [5, 5.41) is 12.7. The number of likely N-dealkylation sites (tertiary alicyclic amines) is 1. The van der Waals surface area contributed by atoms with Gasteiger partial charge in [0.25, 0.3) is 5.91 Å². The van der Waals surface area contributed by atoms with E-state index in [1.165, 1.54) is 0 Å². The van der Waals surface area contributed by atoms with Gasteiger partial charge in [0.2, 0.25) is 5.82 Å². The first-order valence-electron chi connectivity index (χ1n) is 9.67. The van der Waals surface area contributed by atoms with Crippen LogP contribution in [0.2, 0.25) is 0 Å². The molecule has 2 aliphatic rings. The van der Waals surface area contributed by atoms with E-state index >= 15 is 0 Å². The highest BCUT2D eigenvalue weighted by Crippen LogP contribution is 2.32. The Bertz CT molecular complexity index is 1020. The summed E-state index contributed by atoms with van der Waals surface area (Å²) >= 11 is 0. The van der Waals surface area contributed by atoms with Gasteiger partial charge in [-0.25, -0.2) is 0 Å². The van der Waals surface area contributed by atoms with Crippen molar-refractivity contribution >= 4 is 5.91 Å². The smallest absolute Gasteiger partial charge is 0.254 e. The molecule has 29 heavy (non-hydrogen) atoms. The maximum absolute atomic E-state index is 13.1. The van der Waals surface area contributed by atoms with Crippen LogP contribution in [0.1, 0.15) is 23.2 Å². The quantitative estimate of drug-likeness (QED) is 0.668. The highest BCUT2D eigenvalue weighted by molar-refractivity contribution is 5.95. The van der Waals surface area contributed by atoms with E-state index in [0.29, 0.717) is 49.2 Å². The second-order valence-corrected chi connectivity index (χ2v) is 7.06. The molecule has 0 spiro atoms. The largest absolute Gasteiger partial charge is 0.486 e. The van der Waals surface area contributed by atoms with Gasteiger partial charge in [0.1, 0.15) is 13.2 Å². The number of carbonyl (C=O) groups is 1. The Morgan fingerprint density at radius 1 is 1.10 bits per heavy atom. The maximum Gasteiger partial charge on any atom is 0.254 e. The van der Waals surface area contributed by atoms with Crippen LogP contribution in [0.4, 0.5) is 0 Å². The zero-order chi connectivity index (χ0) is 19.6. The van der Waals surface area contributed by atoms with Gasteiger partial charge < -0.3 is 14.4 Å². The Morgan fingerprint density at radius 2 is 1.93 bits per heavy atom. The molecule has 2 aromatic heterocycles. The van der Waals surface area contributed by atoms with Gasteiger partial charge in [0, 0.05) is 30.1 Å². The van der Waals surface area contributed by atoms with E-state index in [1.807, 2.05) is 17.0 Å².